The Morgan fingerprint density at radius 1 is 1.59 bits per heavy atom. The number of rotatable bonds is 3. The van der Waals surface area contributed by atoms with Crippen molar-refractivity contribution in [3.05, 3.63) is 27.3 Å². The highest BCUT2D eigenvalue weighted by atomic mass is 32.1. The lowest BCUT2D eigenvalue weighted by Gasteiger charge is -2.03. The molecule has 2 heterocycles. The van der Waals surface area contributed by atoms with Gasteiger partial charge in [0.05, 0.1) is 17.7 Å². The minimum atomic E-state index is -0.221. The van der Waals surface area contributed by atoms with Crippen molar-refractivity contribution >= 4 is 23.1 Å². The van der Waals surface area contributed by atoms with Crippen LogP contribution in [0.15, 0.2) is 5.51 Å². The second-order valence-electron chi connectivity index (χ2n) is 3.65. The van der Waals surface area contributed by atoms with Gasteiger partial charge in [0, 0.05) is 10.6 Å². The largest absolute Gasteiger partial charge is 0.382 e. The summed E-state index contributed by atoms with van der Waals surface area (Å²) in [6, 6.07) is 0. The molecule has 6 nitrogen and oxygen atoms in total. The van der Waals surface area contributed by atoms with E-state index < -0.39 is 0 Å². The van der Waals surface area contributed by atoms with Crippen LogP contribution in [0.5, 0.6) is 0 Å². The number of hydrogen-bond acceptors (Lipinski definition) is 5. The minimum Gasteiger partial charge on any atom is -0.382 e. The molecule has 17 heavy (non-hydrogen) atoms. The first-order valence-electron chi connectivity index (χ1n) is 5.07. The summed E-state index contributed by atoms with van der Waals surface area (Å²) in [7, 11) is 0. The van der Waals surface area contributed by atoms with E-state index in [1.165, 1.54) is 11.3 Å². The first-order valence-corrected chi connectivity index (χ1v) is 5.95. The number of nitrogens with zero attached hydrogens (tertiary/aromatic N) is 2. The summed E-state index contributed by atoms with van der Waals surface area (Å²) in [6.45, 7) is 4.13. The average Bonchev–Trinajstić information content (AvgIpc) is 2.83. The first kappa shape index (κ1) is 11.6. The van der Waals surface area contributed by atoms with Gasteiger partial charge in [0.2, 0.25) is 0 Å². The smallest absolute Gasteiger partial charge is 0.257 e. The van der Waals surface area contributed by atoms with E-state index >= 15 is 0 Å². The van der Waals surface area contributed by atoms with Gasteiger partial charge in [0.15, 0.2) is 5.82 Å². The number of anilines is 1. The predicted octanol–water partition coefficient (Wildman–Crippen LogP) is 0.995. The van der Waals surface area contributed by atoms with E-state index in [-0.39, 0.29) is 11.7 Å². The molecule has 0 bridgehead atoms. The molecule has 0 fully saturated rings. The molecule has 0 saturated carbocycles. The zero-order valence-corrected chi connectivity index (χ0v) is 10.4. The van der Waals surface area contributed by atoms with Gasteiger partial charge in [-0.05, 0) is 13.8 Å². The molecule has 2 aromatic rings. The van der Waals surface area contributed by atoms with Crippen molar-refractivity contribution in [1.82, 2.24) is 20.5 Å². The van der Waals surface area contributed by atoms with Gasteiger partial charge in [-0.25, -0.2) is 4.98 Å². The molecule has 0 radical (unpaired) electrons. The lowest BCUT2D eigenvalue weighted by Crippen LogP contribution is -2.24. The molecule has 4 N–H and O–H groups in total. The number of H-pyrrole nitrogens is 1. The maximum absolute atomic E-state index is 11.9. The molecular formula is C10H13N5OS. The molecule has 0 atom stereocenters. The summed E-state index contributed by atoms with van der Waals surface area (Å²) in [5, 5.41) is 9.26. The number of nitrogens with one attached hydrogen (secondary N) is 2. The molecule has 0 spiro atoms. The number of aryl methyl sites for hydroxylation is 2. The van der Waals surface area contributed by atoms with Gasteiger partial charge in [-0.3, -0.25) is 9.89 Å². The molecule has 0 aromatic carbocycles. The Bertz CT molecular complexity index is 525. The standard InChI is InChI=1S/C10H13N5OS/c1-5-7(17-4-13-5)3-12-10(16)8-6(2)14-15-9(8)11/h4H,3H2,1-2H3,(H,12,16)(H3,11,14,15). The number of hydrogen-bond donors (Lipinski definition) is 3. The Balaban J connectivity index is 2.06. The second-order valence-corrected chi connectivity index (χ2v) is 4.59. The average molecular weight is 251 g/mol. The SMILES string of the molecule is Cc1ncsc1CNC(=O)c1c(N)n[nH]c1C. The van der Waals surface area contributed by atoms with Crippen molar-refractivity contribution in [2.24, 2.45) is 0 Å². The van der Waals surface area contributed by atoms with E-state index in [0.717, 1.165) is 10.6 Å². The fraction of sp³-hybridized carbons (Fsp3) is 0.300. The summed E-state index contributed by atoms with van der Waals surface area (Å²) in [5.74, 6) is 0.00239. The van der Waals surface area contributed by atoms with Crippen LogP contribution in [0.25, 0.3) is 0 Å². The monoisotopic (exact) mass is 251 g/mol. The van der Waals surface area contributed by atoms with Crippen LogP contribution in [-0.4, -0.2) is 21.1 Å². The van der Waals surface area contributed by atoms with Crippen LogP contribution in [0.4, 0.5) is 5.82 Å². The van der Waals surface area contributed by atoms with E-state index in [1.54, 1.807) is 12.4 Å². The number of aromatic nitrogens is 3. The zero-order chi connectivity index (χ0) is 12.4. The number of carbonyl (C=O) groups is 1. The van der Waals surface area contributed by atoms with Crippen LogP contribution in [0.2, 0.25) is 0 Å². The first-order chi connectivity index (χ1) is 8.09. The maximum Gasteiger partial charge on any atom is 0.257 e. The topological polar surface area (TPSA) is 96.7 Å². The lowest BCUT2D eigenvalue weighted by molar-refractivity contribution is 0.0951. The summed E-state index contributed by atoms with van der Waals surface area (Å²) >= 11 is 1.52. The number of thiazole rings is 1. The van der Waals surface area contributed by atoms with Crippen LogP contribution in [0, 0.1) is 13.8 Å². The Hall–Kier alpha value is -1.89. The molecule has 2 aromatic heterocycles. The number of amides is 1. The van der Waals surface area contributed by atoms with Crippen molar-refractivity contribution in [3.63, 3.8) is 0 Å². The Morgan fingerprint density at radius 2 is 2.35 bits per heavy atom. The number of carbonyl (C=O) groups excluding carboxylic acids is 1. The van der Waals surface area contributed by atoms with E-state index in [4.69, 9.17) is 5.73 Å². The van der Waals surface area contributed by atoms with Crippen LogP contribution >= 0.6 is 11.3 Å². The molecule has 2 rings (SSSR count). The predicted molar refractivity (Wildman–Crippen MR) is 65.8 cm³/mol. The van der Waals surface area contributed by atoms with Gasteiger partial charge in [-0.15, -0.1) is 11.3 Å². The van der Waals surface area contributed by atoms with Gasteiger partial charge >= 0.3 is 0 Å². The molecule has 90 valence electrons. The van der Waals surface area contributed by atoms with Crippen LogP contribution in [0.1, 0.15) is 26.6 Å². The third kappa shape index (κ3) is 2.28. The fourth-order valence-electron chi connectivity index (χ4n) is 1.48. The highest BCUT2D eigenvalue weighted by Crippen LogP contribution is 2.14. The normalized spacial score (nSPS) is 10.5. The van der Waals surface area contributed by atoms with Gasteiger partial charge in [-0.1, -0.05) is 0 Å². The zero-order valence-electron chi connectivity index (χ0n) is 9.57. The second kappa shape index (κ2) is 4.54. The van der Waals surface area contributed by atoms with Gasteiger partial charge < -0.3 is 11.1 Å². The van der Waals surface area contributed by atoms with E-state index in [0.29, 0.717) is 17.8 Å². The van der Waals surface area contributed by atoms with E-state index in [1.807, 2.05) is 6.92 Å². The summed E-state index contributed by atoms with van der Waals surface area (Å²) in [5.41, 5.74) is 9.38. The molecule has 0 aliphatic rings. The Morgan fingerprint density at radius 3 is 2.88 bits per heavy atom. The van der Waals surface area contributed by atoms with Crippen LogP contribution < -0.4 is 11.1 Å². The maximum atomic E-state index is 11.9. The summed E-state index contributed by atoms with van der Waals surface area (Å²) in [4.78, 5) is 17.0. The minimum absolute atomic E-state index is 0.221. The number of nitrogens with two attached hydrogens (primary N) is 1. The quantitative estimate of drug-likeness (QED) is 0.758. The van der Waals surface area contributed by atoms with Crippen LogP contribution in [0.3, 0.4) is 0 Å². The van der Waals surface area contributed by atoms with Crippen molar-refractivity contribution in [2.75, 3.05) is 5.73 Å². The molecule has 1 amide bonds. The molecule has 0 aliphatic carbocycles. The Kier molecular flexibility index (Phi) is 3.10. The molecule has 7 heteroatoms. The van der Waals surface area contributed by atoms with Gasteiger partial charge in [0.1, 0.15) is 5.56 Å². The number of nitrogen functional groups attached to an aromatic ring is 1. The Labute approximate surface area is 102 Å². The molecule has 0 unspecified atom stereocenters. The van der Waals surface area contributed by atoms with Gasteiger partial charge in [0.25, 0.3) is 5.91 Å². The summed E-state index contributed by atoms with van der Waals surface area (Å²) in [6.07, 6.45) is 0. The molecule has 0 aliphatic heterocycles. The highest BCUT2D eigenvalue weighted by molar-refractivity contribution is 7.09. The van der Waals surface area contributed by atoms with Gasteiger partial charge in [-0.2, -0.15) is 5.10 Å². The third-order valence-corrected chi connectivity index (χ3v) is 3.39. The van der Waals surface area contributed by atoms with Crippen LogP contribution in [-0.2, 0) is 6.54 Å². The van der Waals surface area contributed by atoms with Crippen molar-refractivity contribution in [1.29, 1.82) is 0 Å². The third-order valence-electron chi connectivity index (χ3n) is 2.46. The lowest BCUT2D eigenvalue weighted by atomic mass is 10.2. The molecule has 0 saturated heterocycles. The fourth-order valence-corrected chi connectivity index (χ4v) is 2.20. The van der Waals surface area contributed by atoms with Crippen molar-refractivity contribution < 1.29 is 4.79 Å². The highest BCUT2D eigenvalue weighted by Gasteiger charge is 2.16. The molecular weight excluding hydrogens is 238 g/mol. The van der Waals surface area contributed by atoms with E-state index in [9.17, 15) is 4.79 Å². The number of aromatic amines is 1. The van der Waals surface area contributed by atoms with E-state index in [2.05, 4.69) is 20.5 Å². The summed E-state index contributed by atoms with van der Waals surface area (Å²) < 4.78 is 0. The van der Waals surface area contributed by atoms with Crippen molar-refractivity contribution in [3.8, 4) is 0 Å². The van der Waals surface area contributed by atoms with Crippen molar-refractivity contribution in [2.45, 2.75) is 20.4 Å².